The van der Waals surface area contributed by atoms with Crippen molar-refractivity contribution in [2.75, 3.05) is 29.9 Å². The lowest BCUT2D eigenvalue weighted by molar-refractivity contribution is -0.122. The highest BCUT2D eigenvalue weighted by Gasteiger charge is 2.24. The molecule has 27 heavy (non-hydrogen) atoms. The van der Waals surface area contributed by atoms with Crippen LogP contribution in [0.3, 0.4) is 0 Å². The van der Waals surface area contributed by atoms with Gasteiger partial charge in [0.1, 0.15) is 23.1 Å². The minimum Gasteiger partial charge on any atom is -0.375 e. The Kier molecular flexibility index (Phi) is 5.43. The molecule has 0 unspecified atom stereocenters. The highest BCUT2D eigenvalue weighted by atomic mass is 32.2. The van der Waals surface area contributed by atoms with E-state index in [1.165, 1.54) is 13.2 Å². The van der Waals surface area contributed by atoms with Crippen LogP contribution in [0.2, 0.25) is 0 Å². The van der Waals surface area contributed by atoms with Crippen molar-refractivity contribution in [3.8, 4) is 0 Å². The highest BCUT2D eigenvalue weighted by molar-refractivity contribution is 7.92. The second-order valence-corrected chi connectivity index (χ2v) is 7.76. The van der Waals surface area contributed by atoms with Gasteiger partial charge in [-0.2, -0.15) is 0 Å². The number of hydrogen-bond acceptors (Lipinski definition) is 4. The summed E-state index contributed by atoms with van der Waals surface area (Å²) in [6, 6.07) is 6.93. The predicted octanol–water partition coefficient (Wildman–Crippen LogP) is 2.69. The van der Waals surface area contributed by atoms with Crippen molar-refractivity contribution in [3.63, 3.8) is 0 Å². The number of sulfonamides is 1. The Hall–Kier alpha value is -2.52. The van der Waals surface area contributed by atoms with Crippen LogP contribution in [0, 0.1) is 11.6 Å². The number of methoxy groups -OCH3 is 1. The van der Waals surface area contributed by atoms with Crippen molar-refractivity contribution in [2.45, 2.75) is 17.7 Å². The van der Waals surface area contributed by atoms with E-state index in [4.69, 9.17) is 4.74 Å². The zero-order valence-corrected chi connectivity index (χ0v) is 15.4. The van der Waals surface area contributed by atoms with Crippen molar-refractivity contribution in [3.05, 3.63) is 53.6 Å². The van der Waals surface area contributed by atoms with Crippen LogP contribution in [0.4, 0.5) is 20.2 Å². The number of carbonyl (C=O) groups is 1. The number of rotatable bonds is 5. The van der Waals surface area contributed by atoms with Crippen LogP contribution in [0.1, 0.15) is 12.0 Å². The monoisotopic (exact) mass is 396 g/mol. The molecule has 9 heteroatoms. The smallest absolute Gasteiger partial charge is 0.264 e. The number of carbonyl (C=O) groups excluding carboxylic acids is 1. The molecule has 2 aromatic rings. The number of halogens is 2. The molecule has 0 fully saturated rings. The topological polar surface area (TPSA) is 75.7 Å². The van der Waals surface area contributed by atoms with Gasteiger partial charge in [-0.05, 0) is 54.8 Å². The van der Waals surface area contributed by atoms with Gasteiger partial charge in [-0.25, -0.2) is 17.2 Å². The number of amides is 1. The number of anilines is 2. The van der Waals surface area contributed by atoms with Crippen molar-refractivity contribution in [1.29, 1.82) is 0 Å². The van der Waals surface area contributed by atoms with Gasteiger partial charge in [-0.1, -0.05) is 0 Å². The lowest BCUT2D eigenvalue weighted by Gasteiger charge is -2.29. The van der Waals surface area contributed by atoms with E-state index < -0.39 is 26.6 Å². The molecule has 0 radical (unpaired) electrons. The third-order valence-corrected chi connectivity index (χ3v) is 5.60. The maximum atomic E-state index is 13.8. The van der Waals surface area contributed by atoms with E-state index in [0.29, 0.717) is 24.7 Å². The van der Waals surface area contributed by atoms with E-state index in [0.717, 1.165) is 24.1 Å². The first-order valence-electron chi connectivity index (χ1n) is 8.22. The molecular formula is C18H18F2N2O4S. The number of nitrogens with zero attached hydrogens (tertiary/aromatic N) is 1. The molecule has 0 saturated heterocycles. The summed E-state index contributed by atoms with van der Waals surface area (Å²) in [4.78, 5) is 13.0. The molecule has 3 rings (SSSR count). The van der Waals surface area contributed by atoms with Crippen molar-refractivity contribution in [2.24, 2.45) is 0 Å². The van der Waals surface area contributed by atoms with Crippen LogP contribution in [0.15, 0.2) is 41.3 Å². The molecule has 0 aromatic heterocycles. The van der Waals surface area contributed by atoms with Crippen molar-refractivity contribution < 1.29 is 26.7 Å². The summed E-state index contributed by atoms with van der Waals surface area (Å²) in [7, 11) is -2.86. The van der Waals surface area contributed by atoms with E-state index in [2.05, 4.69) is 4.72 Å². The fourth-order valence-corrected chi connectivity index (χ4v) is 4.15. The minimum absolute atomic E-state index is 0.0489. The first-order chi connectivity index (χ1) is 12.8. The molecule has 1 aliphatic heterocycles. The van der Waals surface area contributed by atoms with E-state index in [-0.39, 0.29) is 18.2 Å². The van der Waals surface area contributed by atoms with Crippen LogP contribution in [-0.4, -0.2) is 34.6 Å². The van der Waals surface area contributed by atoms with Crippen LogP contribution in [-0.2, 0) is 26.0 Å². The zero-order chi connectivity index (χ0) is 19.6. The lowest BCUT2D eigenvalue weighted by Crippen LogP contribution is -2.37. The molecule has 1 aliphatic rings. The number of fused-ring (bicyclic) bond motifs is 1. The lowest BCUT2D eigenvalue weighted by atomic mass is 10.0. The molecular weight excluding hydrogens is 378 g/mol. The summed E-state index contributed by atoms with van der Waals surface area (Å²) in [5, 5.41) is 0. The molecule has 1 heterocycles. The molecule has 144 valence electrons. The van der Waals surface area contributed by atoms with Gasteiger partial charge in [0, 0.05) is 25.0 Å². The second kappa shape index (κ2) is 7.61. The molecule has 0 aliphatic carbocycles. The SMILES string of the molecule is COCC(=O)N1CCCc2cc(NS(=O)(=O)c3cc(F)ccc3F)ccc21. The van der Waals surface area contributed by atoms with Crippen LogP contribution in [0.25, 0.3) is 0 Å². The summed E-state index contributed by atoms with van der Waals surface area (Å²) in [6.45, 7) is 0.501. The van der Waals surface area contributed by atoms with E-state index >= 15 is 0 Å². The second-order valence-electron chi connectivity index (χ2n) is 6.11. The van der Waals surface area contributed by atoms with Gasteiger partial charge in [0.15, 0.2) is 0 Å². The average molecular weight is 396 g/mol. The van der Waals surface area contributed by atoms with Gasteiger partial charge >= 0.3 is 0 Å². The molecule has 0 spiro atoms. The molecule has 0 saturated carbocycles. The maximum Gasteiger partial charge on any atom is 0.264 e. The molecule has 1 amide bonds. The summed E-state index contributed by atoms with van der Waals surface area (Å²) >= 11 is 0. The Morgan fingerprint density at radius 1 is 1.22 bits per heavy atom. The number of hydrogen-bond donors (Lipinski definition) is 1. The fourth-order valence-electron chi connectivity index (χ4n) is 3.01. The van der Waals surface area contributed by atoms with Crippen LogP contribution in [0.5, 0.6) is 0 Å². The van der Waals surface area contributed by atoms with Crippen molar-refractivity contribution >= 4 is 27.3 Å². The van der Waals surface area contributed by atoms with Gasteiger partial charge in [0.05, 0.1) is 0 Å². The summed E-state index contributed by atoms with van der Waals surface area (Å²) in [5.41, 5.74) is 1.67. The molecule has 6 nitrogen and oxygen atoms in total. The maximum absolute atomic E-state index is 13.8. The van der Waals surface area contributed by atoms with Gasteiger partial charge < -0.3 is 9.64 Å². The number of ether oxygens (including phenoxy) is 1. The normalized spacial score (nSPS) is 14.0. The summed E-state index contributed by atoms with van der Waals surface area (Å²) < 4.78 is 59.1. The van der Waals surface area contributed by atoms with Crippen LogP contribution < -0.4 is 9.62 Å². The van der Waals surface area contributed by atoms with Gasteiger partial charge in [0.25, 0.3) is 15.9 Å². The molecule has 2 aromatic carbocycles. The Bertz CT molecular complexity index is 979. The fraction of sp³-hybridized carbons (Fsp3) is 0.278. The Morgan fingerprint density at radius 2 is 2.00 bits per heavy atom. The summed E-state index contributed by atoms with van der Waals surface area (Å²) in [5.74, 6) is -2.08. The largest absolute Gasteiger partial charge is 0.375 e. The predicted molar refractivity (Wildman–Crippen MR) is 96.2 cm³/mol. The van der Waals surface area contributed by atoms with Gasteiger partial charge in [0.2, 0.25) is 0 Å². The number of benzene rings is 2. The van der Waals surface area contributed by atoms with E-state index in [1.807, 2.05) is 0 Å². The third kappa shape index (κ3) is 4.09. The van der Waals surface area contributed by atoms with E-state index in [9.17, 15) is 22.0 Å². The van der Waals surface area contributed by atoms with Crippen LogP contribution >= 0.6 is 0 Å². The Balaban J connectivity index is 1.89. The quantitative estimate of drug-likeness (QED) is 0.843. The average Bonchev–Trinajstić information content (AvgIpc) is 2.62. The van der Waals surface area contributed by atoms with E-state index in [1.54, 1.807) is 17.0 Å². The third-order valence-electron chi connectivity index (χ3n) is 4.20. The zero-order valence-electron chi connectivity index (χ0n) is 14.5. The standard InChI is InChI=1S/C18H18F2N2O4S/c1-26-11-18(23)22-8-2-3-12-9-14(5-7-16(12)22)21-27(24,25)17-10-13(19)4-6-15(17)20/h4-7,9-10,21H,2-3,8,11H2,1H3. The highest BCUT2D eigenvalue weighted by Crippen LogP contribution is 2.31. The van der Waals surface area contributed by atoms with Crippen molar-refractivity contribution in [1.82, 2.24) is 0 Å². The van der Waals surface area contributed by atoms with Gasteiger partial charge in [-0.3, -0.25) is 9.52 Å². The first-order valence-corrected chi connectivity index (χ1v) is 9.70. The summed E-state index contributed by atoms with van der Waals surface area (Å²) in [6.07, 6.45) is 1.38. The Morgan fingerprint density at radius 3 is 2.74 bits per heavy atom. The van der Waals surface area contributed by atoms with Gasteiger partial charge in [-0.15, -0.1) is 0 Å². The molecule has 0 atom stereocenters. The first kappa shape index (κ1) is 19.2. The number of nitrogens with one attached hydrogen (secondary N) is 1. The minimum atomic E-state index is -4.30. The molecule has 0 bridgehead atoms. The Labute approximate surface area is 155 Å². The molecule has 1 N–H and O–H groups in total. The number of aryl methyl sites for hydroxylation is 1.